The van der Waals surface area contributed by atoms with Crippen LogP contribution in [0.15, 0.2) is 47.2 Å². The van der Waals surface area contributed by atoms with Gasteiger partial charge in [0.1, 0.15) is 5.70 Å². The summed E-state index contributed by atoms with van der Waals surface area (Å²) in [4.78, 5) is 40.4. The minimum Gasteiger partial charge on any atom is -1.00 e. The molecule has 0 saturated carbocycles. The molecule has 11 nitrogen and oxygen atoms in total. The van der Waals surface area contributed by atoms with Crippen LogP contribution in [0.1, 0.15) is 11.3 Å². The third-order valence-corrected chi connectivity index (χ3v) is 6.98. The quantitative estimate of drug-likeness (QED) is 0.369. The van der Waals surface area contributed by atoms with Gasteiger partial charge in [0.15, 0.2) is 23.5 Å². The number of hydrogen-bond donors (Lipinski definition) is 2. The summed E-state index contributed by atoms with van der Waals surface area (Å²) in [5.74, 6) is -2.39. The number of morpholine rings is 1. The number of rotatable bonds is 5. The lowest BCUT2D eigenvalue weighted by atomic mass is 10.1. The number of aliphatic imine (C=N–C) groups is 1. The summed E-state index contributed by atoms with van der Waals surface area (Å²) < 4.78 is 33.6. The standard InChI is InChI=1S/C26H25F2N7O4.ClH/c1-32-4-5-34(26(32)38)20-12-17(33-6-8-39-9-7-33)14-35-24(20)31-21(22(36)25(35)37)23-29-13-16(30-23)10-15-2-3-18(27)19(28)11-15;/h2-3,11-14,30,36H,4-10H2,1H3;1H/q+1;/p-1. The number of carbonyl (C=O) groups is 1. The van der Waals surface area contributed by atoms with Crippen molar-refractivity contribution in [1.82, 2.24) is 24.6 Å². The molecule has 2 fully saturated rings. The van der Waals surface area contributed by atoms with Gasteiger partial charge in [-0.25, -0.2) is 23.9 Å². The van der Waals surface area contributed by atoms with Crippen molar-refractivity contribution in [2.45, 2.75) is 6.42 Å². The molecule has 5 heterocycles. The van der Waals surface area contributed by atoms with Gasteiger partial charge in [0.25, 0.3) is 0 Å². The smallest absolute Gasteiger partial charge is 0.351 e. The molecule has 2 amide bonds. The largest absolute Gasteiger partial charge is 1.00 e. The number of anilines is 2. The molecule has 1 radical (unpaired) electrons. The molecule has 14 heteroatoms. The van der Waals surface area contributed by atoms with Gasteiger partial charge in [-0.1, -0.05) is 6.07 Å². The van der Waals surface area contributed by atoms with Crippen molar-refractivity contribution in [2.75, 3.05) is 56.2 Å². The summed E-state index contributed by atoms with van der Waals surface area (Å²) in [5.41, 5.74) is 1.56. The molecule has 3 aliphatic rings. The first kappa shape index (κ1) is 27.3. The molecule has 0 unspecified atom stereocenters. The third kappa shape index (κ3) is 4.82. The first-order valence-corrected chi connectivity index (χ1v) is 12.4. The van der Waals surface area contributed by atoms with E-state index >= 15 is 0 Å². The lowest BCUT2D eigenvalue weighted by Gasteiger charge is -2.30. The molecule has 2 N–H and O–H groups in total. The Balaban J connectivity index is 0.00000323. The zero-order chi connectivity index (χ0) is 27.3. The number of nitrogens with one attached hydrogen (secondary N) is 1. The van der Waals surface area contributed by atoms with Crippen LogP contribution in [0.25, 0.3) is 5.65 Å². The van der Waals surface area contributed by atoms with Crippen LogP contribution in [0.4, 0.5) is 25.0 Å². The summed E-state index contributed by atoms with van der Waals surface area (Å²) in [6, 6.07) is 5.19. The molecule has 0 aliphatic carbocycles. The highest BCUT2D eigenvalue weighted by Crippen LogP contribution is 2.30. The summed E-state index contributed by atoms with van der Waals surface area (Å²) in [5, 5.41) is 13.9. The molecule has 1 aromatic carbocycles. The van der Waals surface area contributed by atoms with Crippen molar-refractivity contribution in [3.05, 3.63) is 75.6 Å². The summed E-state index contributed by atoms with van der Waals surface area (Å²) >= 11 is 0. The number of benzene rings is 1. The molecular formula is C26H25ClF2N7O4. The highest BCUT2D eigenvalue weighted by molar-refractivity contribution is 6.03. The van der Waals surface area contributed by atoms with E-state index in [2.05, 4.69) is 15.3 Å². The number of urea groups is 1. The van der Waals surface area contributed by atoms with Crippen molar-refractivity contribution in [3.8, 4) is 5.75 Å². The van der Waals surface area contributed by atoms with Gasteiger partial charge < -0.3 is 32.1 Å². The zero-order valence-electron chi connectivity index (χ0n) is 21.4. The molecule has 3 aromatic rings. The van der Waals surface area contributed by atoms with E-state index < -0.39 is 22.9 Å². The van der Waals surface area contributed by atoms with Crippen LogP contribution in [0.5, 0.6) is 5.75 Å². The zero-order valence-corrected chi connectivity index (χ0v) is 22.2. The number of aromatic nitrogens is 2. The van der Waals surface area contributed by atoms with Gasteiger partial charge in [-0.05, 0) is 28.8 Å². The Morgan fingerprint density at radius 3 is 2.58 bits per heavy atom. The lowest BCUT2D eigenvalue weighted by molar-refractivity contribution is -0.0000138. The third-order valence-electron chi connectivity index (χ3n) is 6.98. The molecule has 2 saturated heterocycles. The molecule has 209 valence electrons. The number of hydrogen-bond acceptors (Lipinski definition) is 8. The van der Waals surface area contributed by atoms with Gasteiger partial charge in [-0.2, -0.15) is 0 Å². The van der Waals surface area contributed by atoms with Gasteiger partial charge in [0.05, 0.1) is 24.6 Å². The molecule has 6 rings (SSSR count). The number of amidine groups is 1. The highest BCUT2D eigenvalue weighted by atomic mass is 35.5. The maximum absolute atomic E-state index is 13.6. The Labute approximate surface area is 233 Å². The number of allylic oxidation sites excluding steroid dienone is 1. The number of likely N-dealkylation sites (N-methyl/N-ethyl adjacent to an activating group) is 1. The molecular weight excluding hydrogens is 548 g/mol. The van der Waals surface area contributed by atoms with Crippen LogP contribution in [-0.2, 0) is 11.2 Å². The topological polar surface area (TPSA) is 117 Å². The fourth-order valence-electron chi connectivity index (χ4n) is 4.87. The maximum atomic E-state index is 13.6. The number of aromatic hydroxyl groups is 1. The van der Waals surface area contributed by atoms with Crippen molar-refractivity contribution >= 4 is 28.9 Å². The van der Waals surface area contributed by atoms with Gasteiger partial charge in [0, 0.05) is 45.8 Å². The number of nitrogens with zero attached hydrogens (tertiary/aromatic N) is 6. The predicted molar refractivity (Wildman–Crippen MR) is 139 cm³/mol. The fourth-order valence-corrected chi connectivity index (χ4v) is 4.87. The van der Waals surface area contributed by atoms with Gasteiger partial charge >= 0.3 is 17.4 Å². The van der Waals surface area contributed by atoms with Crippen LogP contribution in [0.3, 0.4) is 0 Å². The molecule has 0 atom stereocenters. The van der Waals surface area contributed by atoms with E-state index in [1.54, 1.807) is 23.0 Å². The monoisotopic (exact) mass is 572 g/mol. The maximum Gasteiger partial charge on any atom is 0.351 e. The van der Waals surface area contributed by atoms with Crippen LogP contribution >= 0.6 is 0 Å². The Bertz CT molecular complexity index is 1620. The van der Waals surface area contributed by atoms with Crippen molar-refractivity contribution in [2.24, 2.45) is 0 Å². The Morgan fingerprint density at radius 2 is 1.88 bits per heavy atom. The second-order valence-electron chi connectivity index (χ2n) is 9.53. The fraction of sp³-hybridized carbons (Fsp3) is 0.308. The molecule has 0 bridgehead atoms. The minimum absolute atomic E-state index is 0. The lowest BCUT2D eigenvalue weighted by Crippen LogP contribution is -3.00. The first-order valence-electron chi connectivity index (χ1n) is 12.4. The number of pyridine rings is 1. The predicted octanol–water partition coefficient (Wildman–Crippen LogP) is -1.84. The highest BCUT2D eigenvalue weighted by Gasteiger charge is 2.33. The first-order chi connectivity index (χ1) is 18.8. The summed E-state index contributed by atoms with van der Waals surface area (Å²) in [6.45, 7) is 3.19. The number of halogens is 3. The van der Waals surface area contributed by atoms with Crippen molar-refractivity contribution in [3.63, 3.8) is 0 Å². The Morgan fingerprint density at radius 1 is 1.10 bits per heavy atom. The van der Waals surface area contributed by atoms with E-state index in [4.69, 9.17) is 4.74 Å². The van der Waals surface area contributed by atoms with E-state index in [0.29, 0.717) is 62.0 Å². The van der Waals surface area contributed by atoms with Crippen LogP contribution in [0, 0.1) is 11.6 Å². The van der Waals surface area contributed by atoms with Crippen LogP contribution in [0.2, 0.25) is 0 Å². The van der Waals surface area contributed by atoms with Crippen LogP contribution in [-0.4, -0.2) is 77.7 Å². The average Bonchev–Trinajstić information content (AvgIpc) is 3.54. The van der Waals surface area contributed by atoms with Crippen LogP contribution < -0.4 is 38.1 Å². The Kier molecular flexibility index (Phi) is 7.34. The number of ether oxygens (including phenoxy) is 1. The molecule has 40 heavy (non-hydrogen) atoms. The van der Waals surface area contributed by atoms with Gasteiger partial charge in [0.2, 0.25) is 11.4 Å². The number of amides is 2. The molecule has 0 spiro atoms. The number of carbonyl (C=O) groups excluding carboxylic acids is 1. The average molecular weight is 573 g/mol. The van der Waals surface area contributed by atoms with Gasteiger partial charge in [-0.15, -0.1) is 0 Å². The van der Waals surface area contributed by atoms with E-state index in [1.807, 2.05) is 11.0 Å². The Hall–Kier alpha value is -4.23. The van der Waals surface area contributed by atoms with E-state index in [0.717, 1.165) is 12.1 Å². The van der Waals surface area contributed by atoms with E-state index in [9.17, 15) is 23.5 Å². The number of fused-ring (bicyclic) bond motifs is 1. The van der Waals surface area contributed by atoms with E-state index in [1.165, 1.54) is 16.7 Å². The minimum atomic E-state index is -0.958. The molecule has 3 aliphatic heterocycles. The van der Waals surface area contributed by atoms with Crippen molar-refractivity contribution in [1.29, 1.82) is 0 Å². The summed E-state index contributed by atoms with van der Waals surface area (Å²) in [7, 11) is 1.70. The second-order valence-corrected chi connectivity index (χ2v) is 9.53. The van der Waals surface area contributed by atoms with Gasteiger partial charge in [-0.3, -0.25) is 14.1 Å². The summed E-state index contributed by atoms with van der Waals surface area (Å²) in [6.07, 6.45) is 3.28. The normalized spacial score (nSPS) is 17.2. The SMILES string of the molecule is CN1CCN(c2cc(N3CCOCC3)cn3c(=O)c(O)c(C4=[N+]C=C(Cc5ccc(F)c(F)c5)N4)nc23)C1=O.[Cl-]. The second kappa shape index (κ2) is 10.7. The van der Waals surface area contributed by atoms with E-state index in [-0.39, 0.29) is 42.0 Å². The molecule has 2 aromatic heterocycles. The van der Waals surface area contributed by atoms with Crippen molar-refractivity contribution < 1.29 is 35.8 Å².